The van der Waals surface area contributed by atoms with E-state index in [4.69, 9.17) is 4.84 Å². The number of hydroxylamine groups is 1. The van der Waals surface area contributed by atoms with Crippen molar-refractivity contribution < 1.29 is 13.3 Å². The van der Waals surface area contributed by atoms with Crippen molar-refractivity contribution in [1.82, 2.24) is 4.31 Å². The molecule has 0 N–H and O–H groups in total. The summed E-state index contributed by atoms with van der Waals surface area (Å²) in [6.45, 7) is 2.44. The standard InChI is InChI=1S/C30H28N2O3S/c1-24-17-19-29(20-18-24)36(33,34)31(21-25-11-5-2-6-12-25)22-27-23-35-32(28-15-9-4-10-16-28)30(27)26-13-7-3-8-14-26/h2-20,22,30H,21,23H2,1H3/b27-22+. The highest BCUT2D eigenvalue weighted by molar-refractivity contribution is 7.89. The third kappa shape index (κ3) is 5.05. The molecule has 4 aromatic rings. The highest BCUT2D eigenvalue weighted by Gasteiger charge is 2.34. The van der Waals surface area contributed by atoms with Gasteiger partial charge in [0, 0.05) is 11.8 Å². The van der Waals surface area contributed by atoms with E-state index in [-0.39, 0.29) is 24.1 Å². The number of para-hydroxylation sites is 1. The average Bonchev–Trinajstić information content (AvgIpc) is 3.34. The van der Waals surface area contributed by atoms with Gasteiger partial charge >= 0.3 is 0 Å². The topological polar surface area (TPSA) is 49.9 Å². The minimum Gasteiger partial charge on any atom is -0.269 e. The van der Waals surface area contributed by atoms with Gasteiger partial charge in [0.15, 0.2) is 0 Å². The molecule has 1 fully saturated rings. The van der Waals surface area contributed by atoms with E-state index in [0.717, 1.165) is 28.0 Å². The van der Waals surface area contributed by atoms with E-state index in [1.165, 1.54) is 4.31 Å². The molecule has 1 aliphatic heterocycles. The van der Waals surface area contributed by atoms with E-state index in [1.54, 1.807) is 18.3 Å². The molecule has 0 saturated carbocycles. The molecule has 5 nitrogen and oxygen atoms in total. The zero-order valence-corrected chi connectivity index (χ0v) is 20.9. The quantitative estimate of drug-likeness (QED) is 0.303. The summed E-state index contributed by atoms with van der Waals surface area (Å²) in [6.07, 6.45) is 1.75. The van der Waals surface area contributed by atoms with Crippen LogP contribution in [0.2, 0.25) is 0 Å². The number of rotatable bonds is 7. The molecule has 0 spiro atoms. The maximum absolute atomic E-state index is 13.9. The Morgan fingerprint density at radius 3 is 2.06 bits per heavy atom. The average molecular weight is 497 g/mol. The molecule has 0 aromatic heterocycles. The summed E-state index contributed by atoms with van der Waals surface area (Å²) >= 11 is 0. The number of nitrogens with zero attached hydrogens (tertiary/aromatic N) is 2. The summed E-state index contributed by atoms with van der Waals surface area (Å²) in [7, 11) is -3.81. The highest BCUT2D eigenvalue weighted by atomic mass is 32.2. The Hall–Kier alpha value is -3.87. The third-order valence-electron chi connectivity index (χ3n) is 6.20. The second-order valence-corrected chi connectivity index (χ2v) is 10.7. The third-order valence-corrected chi connectivity index (χ3v) is 7.92. The van der Waals surface area contributed by atoms with Crippen LogP contribution in [0.5, 0.6) is 0 Å². The Morgan fingerprint density at radius 1 is 0.833 bits per heavy atom. The van der Waals surface area contributed by atoms with E-state index >= 15 is 0 Å². The van der Waals surface area contributed by atoms with Crippen molar-refractivity contribution in [3.63, 3.8) is 0 Å². The lowest BCUT2D eigenvalue weighted by Crippen LogP contribution is -2.27. The molecule has 182 valence electrons. The van der Waals surface area contributed by atoms with Gasteiger partial charge in [0.25, 0.3) is 10.0 Å². The summed E-state index contributed by atoms with van der Waals surface area (Å²) in [5, 5.41) is 1.86. The number of benzene rings is 4. The Morgan fingerprint density at radius 2 is 1.42 bits per heavy atom. The first-order valence-corrected chi connectivity index (χ1v) is 13.3. The van der Waals surface area contributed by atoms with Gasteiger partial charge in [-0.05, 0) is 42.3 Å². The van der Waals surface area contributed by atoms with Gasteiger partial charge < -0.3 is 0 Å². The van der Waals surface area contributed by atoms with Crippen LogP contribution in [0.3, 0.4) is 0 Å². The molecule has 1 saturated heterocycles. The van der Waals surface area contributed by atoms with Crippen molar-refractivity contribution in [2.24, 2.45) is 0 Å². The summed E-state index contributed by atoms with van der Waals surface area (Å²) in [6, 6.07) is 36.2. The van der Waals surface area contributed by atoms with E-state index in [2.05, 4.69) is 0 Å². The molecule has 0 bridgehead atoms. The van der Waals surface area contributed by atoms with Crippen molar-refractivity contribution in [2.45, 2.75) is 24.4 Å². The smallest absolute Gasteiger partial charge is 0.264 e. The molecule has 0 aliphatic carbocycles. The normalized spacial score (nSPS) is 16.9. The zero-order valence-electron chi connectivity index (χ0n) is 20.1. The molecule has 1 unspecified atom stereocenters. The first-order chi connectivity index (χ1) is 17.5. The molecule has 0 radical (unpaired) electrons. The molecular formula is C30H28N2O3S. The largest absolute Gasteiger partial charge is 0.269 e. The molecule has 0 amide bonds. The molecule has 6 heteroatoms. The van der Waals surface area contributed by atoms with E-state index < -0.39 is 10.0 Å². The Labute approximate surface area is 212 Å². The fourth-order valence-corrected chi connectivity index (χ4v) is 5.68. The monoisotopic (exact) mass is 496 g/mol. The number of hydrogen-bond donors (Lipinski definition) is 0. The van der Waals surface area contributed by atoms with Crippen LogP contribution in [0.1, 0.15) is 22.7 Å². The van der Waals surface area contributed by atoms with Gasteiger partial charge in [0.05, 0.1) is 17.1 Å². The molecule has 36 heavy (non-hydrogen) atoms. The summed E-state index contributed by atoms with van der Waals surface area (Å²) in [5.74, 6) is 0. The first kappa shape index (κ1) is 23.9. The van der Waals surface area contributed by atoms with Crippen LogP contribution in [0.4, 0.5) is 5.69 Å². The molecule has 1 aliphatic rings. The number of sulfonamides is 1. The Balaban J connectivity index is 1.59. The van der Waals surface area contributed by atoms with Crippen molar-refractivity contribution >= 4 is 15.7 Å². The fraction of sp³-hybridized carbons (Fsp3) is 0.133. The van der Waals surface area contributed by atoms with Crippen LogP contribution in [0.25, 0.3) is 0 Å². The van der Waals surface area contributed by atoms with Crippen molar-refractivity contribution in [3.05, 3.63) is 144 Å². The summed E-state index contributed by atoms with van der Waals surface area (Å²) < 4.78 is 29.2. The van der Waals surface area contributed by atoms with Crippen LogP contribution in [-0.2, 0) is 21.4 Å². The van der Waals surface area contributed by atoms with Gasteiger partial charge in [0.2, 0.25) is 0 Å². The molecule has 1 atom stereocenters. The van der Waals surface area contributed by atoms with Crippen LogP contribution in [0.15, 0.2) is 132 Å². The Bertz CT molecular complexity index is 1420. The number of hydrogen-bond acceptors (Lipinski definition) is 4. The van der Waals surface area contributed by atoms with Gasteiger partial charge in [-0.25, -0.2) is 13.5 Å². The van der Waals surface area contributed by atoms with Crippen LogP contribution < -0.4 is 5.06 Å². The van der Waals surface area contributed by atoms with Crippen molar-refractivity contribution in [1.29, 1.82) is 0 Å². The fourth-order valence-electron chi connectivity index (χ4n) is 4.33. The molecule has 4 aromatic carbocycles. The second kappa shape index (κ2) is 10.4. The predicted molar refractivity (Wildman–Crippen MR) is 142 cm³/mol. The van der Waals surface area contributed by atoms with Gasteiger partial charge in [0.1, 0.15) is 12.6 Å². The summed E-state index contributed by atoms with van der Waals surface area (Å²) in [5.41, 5.74) is 4.70. The van der Waals surface area contributed by atoms with Crippen molar-refractivity contribution in [2.75, 3.05) is 11.7 Å². The lowest BCUT2D eigenvalue weighted by atomic mass is 10.00. The predicted octanol–water partition coefficient (Wildman–Crippen LogP) is 6.26. The van der Waals surface area contributed by atoms with Crippen LogP contribution in [-0.4, -0.2) is 19.3 Å². The number of anilines is 1. The molecule has 1 heterocycles. The lowest BCUT2D eigenvalue weighted by Gasteiger charge is -2.27. The van der Waals surface area contributed by atoms with Gasteiger partial charge in [-0.3, -0.25) is 9.14 Å². The molecular weight excluding hydrogens is 468 g/mol. The number of aryl methyl sites for hydroxylation is 1. The minimum atomic E-state index is -3.81. The molecule has 5 rings (SSSR count). The van der Waals surface area contributed by atoms with E-state index in [0.29, 0.717) is 0 Å². The zero-order chi connectivity index (χ0) is 25.0. The van der Waals surface area contributed by atoms with E-state index in [1.807, 2.05) is 115 Å². The maximum Gasteiger partial charge on any atom is 0.264 e. The Kier molecular flexibility index (Phi) is 6.89. The van der Waals surface area contributed by atoms with Crippen LogP contribution >= 0.6 is 0 Å². The second-order valence-electron chi connectivity index (χ2n) is 8.80. The van der Waals surface area contributed by atoms with Crippen molar-refractivity contribution in [3.8, 4) is 0 Å². The lowest BCUT2D eigenvalue weighted by molar-refractivity contribution is 0.162. The SMILES string of the molecule is Cc1ccc(S(=O)(=O)N(/C=C2\CON(c3ccccc3)C2c2ccccc2)Cc2ccccc2)cc1. The first-order valence-electron chi connectivity index (χ1n) is 11.9. The summed E-state index contributed by atoms with van der Waals surface area (Å²) in [4.78, 5) is 6.41. The van der Waals surface area contributed by atoms with Gasteiger partial charge in [-0.15, -0.1) is 0 Å². The van der Waals surface area contributed by atoms with Gasteiger partial charge in [-0.2, -0.15) is 0 Å². The highest BCUT2D eigenvalue weighted by Crippen LogP contribution is 2.39. The minimum absolute atomic E-state index is 0.216. The van der Waals surface area contributed by atoms with Gasteiger partial charge in [-0.1, -0.05) is 96.6 Å². The maximum atomic E-state index is 13.9. The van der Waals surface area contributed by atoms with Crippen LogP contribution in [0, 0.1) is 6.92 Å². The van der Waals surface area contributed by atoms with E-state index in [9.17, 15) is 8.42 Å².